The van der Waals surface area contributed by atoms with E-state index in [1.165, 1.54) is 25.7 Å². The summed E-state index contributed by atoms with van der Waals surface area (Å²) in [4.78, 5) is 14.1. The van der Waals surface area contributed by atoms with E-state index in [2.05, 4.69) is 10.2 Å². The van der Waals surface area contributed by atoms with E-state index in [4.69, 9.17) is 18.0 Å². The summed E-state index contributed by atoms with van der Waals surface area (Å²) >= 11 is 5.05. The molecule has 5 heteroatoms. The third kappa shape index (κ3) is 4.73. The van der Waals surface area contributed by atoms with Crippen LogP contribution in [0.3, 0.4) is 0 Å². The van der Waals surface area contributed by atoms with E-state index < -0.39 is 0 Å². The Kier molecular flexibility index (Phi) is 4.79. The van der Waals surface area contributed by atoms with Crippen molar-refractivity contribution in [3.8, 4) is 0 Å². The zero-order valence-electron chi connectivity index (χ0n) is 11.8. The van der Waals surface area contributed by atoms with Crippen molar-refractivity contribution in [1.29, 1.82) is 0 Å². The highest BCUT2D eigenvalue weighted by Gasteiger charge is 2.44. The monoisotopic (exact) mass is 283 g/mol. The van der Waals surface area contributed by atoms with Gasteiger partial charge >= 0.3 is 0 Å². The van der Waals surface area contributed by atoms with Crippen molar-refractivity contribution in [3.05, 3.63) is 0 Å². The molecule has 0 aromatic rings. The van der Waals surface area contributed by atoms with Crippen LogP contribution in [-0.2, 0) is 4.79 Å². The van der Waals surface area contributed by atoms with Crippen LogP contribution in [0.15, 0.2) is 0 Å². The first-order valence-corrected chi connectivity index (χ1v) is 7.65. The predicted octanol–water partition coefficient (Wildman–Crippen LogP) is 1.29. The van der Waals surface area contributed by atoms with Gasteiger partial charge in [0.05, 0.1) is 4.99 Å². The van der Waals surface area contributed by atoms with Gasteiger partial charge in [-0.15, -0.1) is 0 Å². The molecule has 108 valence electrons. The van der Waals surface area contributed by atoms with Crippen LogP contribution in [0, 0.1) is 11.3 Å². The zero-order chi connectivity index (χ0) is 13.9. The van der Waals surface area contributed by atoms with Crippen LogP contribution >= 0.6 is 12.2 Å². The number of carbonyl (C=O) groups is 1. The highest BCUT2D eigenvalue weighted by Crippen LogP contribution is 2.49. The normalized spacial score (nSPS) is 23.0. The van der Waals surface area contributed by atoms with Crippen LogP contribution in [-0.4, -0.2) is 42.0 Å². The van der Waals surface area contributed by atoms with Gasteiger partial charge < -0.3 is 16.0 Å². The molecule has 4 nitrogen and oxygen atoms in total. The Bertz CT molecular complexity index is 347. The van der Waals surface area contributed by atoms with Gasteiger partial charge in [-0.05, 0) is 50.1 Å². The van der Waals surface area contributed by atoms with Gasteiger partial charge in [0.2, 0.25) is 5.91 Å². The van der Waals surface area contributed by atoms with Crippen LogP contribution in [0.5, 0.6) is 0 Å². The Labute approximate surface area is 121 Å². The second kappa shape index (κ2) is 6.18. The number of nitrogens with one attached hydrogen (secondary N) is 1. The Morgan fingerprint density at radius 3 is 2.53 bits per heavy atom. The van der Waals surface area contributed by atoms with Crippen LogP contribution in [0.2, 0.25) is 0 Å². The van der Waals surface area contributed by atoms with Crippen molar-refractivity contribution in [2.24, 2.45) is 17.1 Å². The molecule has 1 heterocycles. The Morgan fingerprint density at radius 1 is 1.42 bits per heavy atom. The lowest BCUT2D eigenvalue weighted by molar-refractivity contribution is -0.119. The molecule has 1 amide bonds. The van der Waals surface area contributed by atoms with Gasteiger partial charge in [0.1, 0.15) is 0 Å². The molecule has 0 spiro atoms. The second-order valence-corrected chi connectivity index (χ2v) is 6.82. The number of nitrogens with zero attached hydrogens (tertiary/aromatic N) is 1. The summed E-state index contributed by atoms with van der Waals surface area (Å²) < 4.78 is 0. The molecule has 1 saturated carbocycles. The summed E-state index contributed by atoms with van der Waals surface area (Å²) in [6, 6.07) is 0. The molecule has 1 saturated heterocycles. The quantitative estimate of drug-likeness (QED) is 0.721. The molecule has 2 fully saturated rings. The molecule has 1 aliphatic carbocycles. The van der Waals surface area contributed by atoms with Gasteiger partial charge in [-0.25, -0.2) is 0 Å². The fourth-order valence-corrected chi connectivity index (χ4v) is 3.35. The number of amides is 1. The SMILES string of the molecule is CC(=O)NCC1CCN(CC2(CC(N)=S)CC2)CC1. The van der Waals surface area contributed by atoms with Gasteiger partial charge in [-0.2, -0.15) is 0 Å². The van der Waals surface area contributed by atoms with E-state index in [-0.39, 0.29) is 5.91 Å². The molecule has 0 radical (unpaired) electrons. The van der Waals surface area contributed by atoms with Crippen molar-refractivity contribution in [1.82, 2.24) is 10.2 Å². The van der Waals surface area contributed by atoms with Crippen molar-refractivity contribution in [3.63, 3.8) is 0 Å². The first-order valence-electron chi connectivity index (χ1n) is 7.24. The maximum atomic E-state index is 10.9. The lowest BCUT2D eigenvalue weighted by atomic mass is 9.94. The molecule has 2 rings (SSSR count). The van der Waals surface area contributed by atoms with Crippen molar-refractivity contribution < 1.29 is 4.79 Å². The van der Waals surface area contributed by atoms with Gasteiger partial charge in [-0.1, -0.05) is 12.2 Å². The summed E-state index contributed by atoms with van der Waals surface area (Å²) in [6.07, 6.45) is 5.83. The largest absolute Gasteiger partial charge is 0.393 e. The molecular formula is C14H25N3OS. The summed E-state index contributed by atoms with van der Waals surface area (Å²) in [5.41, 5.74) is 6.09. The Hall–Kier alpha value is -0.680. The van der Waals surface area contributed by atoms with Gasteiger partial charge in [0.25, 0.3) is 0 Å². The Morgan fingerprint density at radius 2 is 2.05 bits per heavy atom. The lowest BCUT2D eigenvalue weighted by Crippen LogP contribution is -2.41. The molecule has 0 aromatic heterocycles. The summed E-state index contributed by atoms with van der Waals surface area (Å²) in [6.45, 7) is 5.85. The topological polar surface area (TPSA) is 58.4 Å². The minimum Gasteiger partial charge on any atom is -0.393 e. The smallest absolute Gasteiger partial charge is 0.216 e. The molecule has 3 N–H and O–H groups in total. The Balaban J connectivity index is 1.69. The van der Waals surface area contributed by atoms with Crippen LogP contribution < -0.4 is 11.1 Å². The van der Waals surface area contributed by atoms with Crippen molar-refractivity contribution in [2.75, 3.05) is 26.2 Å². The summed E-state index contributed by atoms with van der Waals surface area (Å²) in [5.74, 6) is 0.724. The number of piperidine rings is 1. The molecule has 1 aliphatic heterocycles. The summed E-state index contributed by atoms with van der Waals surface area (Å²) in [7, 11) is 0. The number of hydrogen-bond donors (Lipinski definition) is 2. The fraction of sp³-hybridized carbons (Fsp3) is 0.857. The first kappa shape index (κ1) is 14.7. The molecule has 0 aromatic carbocycles. The van der Waals surface area contributed by atoms with E-state index in [0.29, 0.717) is 16.3 Å². The molecule has 0 atom stereocenters. The van der Waals surface area contributed by atoms with E-state index in [9.17, 15) is 4.79 Å². The number of likely N-dealkylation sites (tertiary alicyclic amines) is 1. The number of thiocarbonyl (C=S) groups is 1. The minimum atomic E-state index is 0.0795. The number of hydrogen-bond acceptors (Lipinski definition) is 3. The molecule has 19 heavy (non-hydrogen) atoms. The van der Waals surface area contributed by atoms with E-state index >= 15 is 0 Å². The minimum absolute atomic E-state index is 0.0795. The van der Waals surface area contributed by atoms with E-state index in [0.717, 1.165) is 32.6 Å². The maximum Gasteiger partial charge on any atom is 0.216 e. The second-order valence-electron chi connectivity index (χ2n) is 6.30. The highest BCUT2D eigenvalue weighted by atomic mass is 32.1. The first-order chi connectivity index (χ1) is 8.99. The van der Waals surface area contributed by atoms with Crippen molar-refractivity contribution in [2.45, 2.75) is 39.0 Å². The van der Waals surface area contributed by atoms with Crippen LogP contribution in [0.4, 0.5) is 0 Å². The lowest BCUT2D eigenvalue weighted by Gasteiger charge is -2.34. The average molecular weight is 283 g/mol. The standard InChI is InChI=1S/C14H25N3OS/c1-11(18)16-9-12-2-6-17(7-3-12)10-14(4-5-14)8-13(15)19/h12H,2-10H2,1H3,(H2,15,19)(H,16,18). The van der Waals surface area contributed by atoms with Gasteiger partial charge in [0, 0.05) is 26.4 Å². The fourth-order valence-electron chi connectivity index (χ4n) is 3.05. The summed E-state index contributed by atoms with van der Waals surface area (Å²) in [5, 5.41) is 2.93. The highest BCUT2D eigenvalue weighted by molar-refractivity contribution is 7.80. The van der Waals surface area contributed by atoms with Gasteiger partial charge in [0.15, 0.2) is 0 Å². The average Bonchev–Trinajstić information content (AvgIpc) is 3.06. The van der Waals surface area contributed by atoms with Crippen LogP contribution in [0.1, 0.15) is 39.0 Å². The zero-order valence-corrected chi connectivity index (χ0v) is 12.6. The van der Waals surface area contributed by atoms with Crippen LogP contribution in [0.25, 0.3) is 0 Å². The maximum absolute atomic E-state index is 10.9. The number of rotatable bonds is 6. The number of carbonyl (C=O) groups excluding carboxylic acids is 1. The molecule has 0 bridgehead atoms. The van der Waals surface area contributed by atoms with Crippen molar-refractivity contribution >= 4 is 23.1 Å². The van der Waals surface area contributed by atoms with E-state index in [1.54, 1.807) is 6.92 Å². The van der Waals surface area contributed by atoms with Gasteiger partial charge in [-0.3, -0.25) is 4.79 Å². The number of nitrogens with two attached hydrogens (primary N) is 1. The third-order valence-corrected chi connectivity index (χ3v) is 4.56. The third-order valence-electron chi connectivity index (χ3n) is 4.41. The predicted molar refractivity (Wildman–Crippen MR) is 80.9 cm³/mol. The van der Waals surface area contributed by atoms with E-state index in [1.807, 2.05) is 0 Å². The molecule has 2 aliphatic rings. The molecular weight excluding hydrogens is 258 g/mol. The molecule has 0 unspecified atom stereocenters.